The predicted octanol–water partition coefficient (Wildman–Crippen LogP) is 12.3. The highest BCUT2D eigenvalue weighted by Crippen LogP contribution is 2.67. The Labute approximate surface area is 290 Å². The predicted molar refractivity (Wildman–Crippen MR) is 195 cm³/mol. The second-order valence-corrected chi connectivity index (χ2v) is 16.8. The maximum atomic E-state index is 12.8. The first-order valence-corrected chi connectivity index (χ1v) is 19.1. The van der Waals surface area contributed by atoms with Crippen LogP contribution in [0.4, 0.5) is 11.4 Å². The number of benzene rings is 2. The number of hydrogen-bond acceptors (Lipinski definition) is 5. The number of rotatable bonds is 12. The van der Waals surface area contributed by atoms with E-state index in [-0.39, 0.29) is 5.97 Å². The Kier molecular flexibility index (Phi) is 10.8. The van der Waals surface area contributed by atoms with Crippen molar-refractivity contribution in [3.63, 3.8) is 0 Å². The van der Waals surface area contributed by atoms with Crippen LogP contribution in [0.2, 0.25) is 0 Å². The van der Waals surface area contributed by atoms with E-state index in [1.165, 1.54) is 70.6 Å². The number of methoxy groups -OCH3 is 1. The second-order valence-electron chi connectivity index (χ2n) is 16.8. The highest BCUT2D eigenvalue weighted by molar-refractivity contribution is 5.89. The third-order valence-electron chi connectivity index (χ3n) is 13.6. The Morgan fingerprint density at radius 2 is 1.58 bits per heavy atom. The summed E-state index contributed by atoms with van der Waals surface area (Å²) in [5.74, 6) is 6.37. The van der Waals surface area contributed by atoms with Crippen LogP contribution >= 0.6 is 0 Å². The van der Waals surface area contributed by atoms with E-state index in [1.54, 1.807) is 24.8 Å². The summed E-state index contributed by atoms with van der Waals surface area (Å²) >= 11 is 0. The lowest BCUT2D eigenvalue weighted by Gasteiger charge is -2.58. The molecule has 0 radical (unpaired) electrons. The van der Waals surface area contributed by atoms with Crippen molar-refractivity contribution >= 4 is 17.3 Å². The zero-order valence-corrected chi connectivity index (χ0v) is 30.5. The van der Waals surface area contributed by atoms with Crippen molar-refractivity contribution in [3.8, 4) is 5.75 Å². The number of carbonyl (C=O) groups excluding carboxylic acids is 1. The molecule has 0 bridgehead atoms. The van der Waals surface area contributed by atoms with Crippen LogP contribution in [0.15, 0.2) is 70.4 Å². The quantitative estimate of drug-likeness (QED) is 0.130. The summed E-state index contributed by atoms with van der Waals surface area (Å²) in [4.78, 5) is 12.8. The summed E-state index contributed by atoms with van der Waals surface area (Å²) in [6, 6.07) is 14.6. The molecule has 48 heavy (non-hydrogen) atoms. The number of azo groups is 1. The molecule has 0 saturated heterocycles. The van der Waals surface area contributed by atoms with Gasteiger partial charge in [0.25, 0.3) is 0 Å². The highest BCUT2D eigenvalue weighted by atomic mass is 16.5. The van der Waals surface area contributed by atoms with Gasteiger partial charge in [-0.3, -0.25) is 0 Å². The SMILES string of the molecule is COc1ccc(N=Nc2ccc(C(=O)OCC[C@H]3CC[C@@]4(C)C(=CC[C@H]5[C@@H]6CC[C@H]([C@H](C)CCCC(C)C)[C@@]6(C)CC[C@@H]54)C3)cc2)cc1. The number of ether oxygens (including phenoxy) is 2. The van der Waals surface area contributed by atoms with Crippen molar-refractivity contribution in [2.75, 3.05) is 13.7 Å². The van der Waals surface area contributed by atoms with Gasteiger partial charge in [-0.25, -0.2) is 4.79 Å². The molecule has 5 heteroatoms. The summed E-state index contributed by atoms with van der Waals surface area (Å²) in [5.41, 5.74) is 4.63. The molecular formula is C43H60N2O3. The van der Waals surface area contributed by atoms with Crippen molar-refractivity contribution in [1.82, 2.24) is 0 Å². The van der Waals surface area contributed by atoms with Gasteiger partial charge < -0.3 is 9.47 Å². The van der Waals surface area contributed by atoms with Gasteiger partial charge in [0.1, 0.15) is 5.75 Å². The second kappa shape index (κ2) is 14.9. The van der Waals surface area contributed by atoms with Crippen molar-refractivity contribution in [1.29, 1.82) is 0 Å². The monoisotopic (exact) mass is 652 g/mol. The van der Waals surface area contributed by atoms with Crippen LogP contribution < -0.4 is 4.74 Å². The molecule has 4 aliphatic rings. The van der Waals surface area contributed by atoms with Crippen molar-refractivity contribution in [3.05, 3.63) is 65.7 Å². The van der Waals surface area contributed by atoms with Crippen LogP contribution in [-0.2, 0) is 4.74 Å². The Hall–Kier alpha value is -2.95. The standard InChI is InChI=1S/C43H60N2O3/c1-29(2)8-7-9-30(3)38-20-21-39-37-19-12-33-28-31(22-25-42(33,4)40(37)23-26-43(38,39)5)24-27-48-41(46)32-10-13-34(14-11-32)44-45-35-15-17-36(47-6)18-16-35/h10-18,29-31,37-40H,7-9,19-28H2,1-6H3/t30-,31-,37+,38-,39+,40+,42+,43-/m1/s1. The Morgan fingerprint density at radius 1 is 0.875 bits per heavy atom. The molecule has 0 aliphatic heterocycles. The van der Waals surface area contributed by atoms with E-state index in [2.05, 4.69) is 50.9 Å². The molecular weight excluding hydrogens is 592 g/mol. The minimum absolute atomic E-state index is 0.261. The van der Waals surface area contributed by atoms with Gasteiger partial charge in [-0.15, -0.1) is 0 Å². The first-order valence-electron chi connectivity index (χ1n) is 19.1. The summed E-state index contributed by atoms with van der Waals surface area (Å²) in [7, 11) is 1.64. The number of esters is 1. The van der Waals surface area contributed by atoms with Crippen LogP contribution in [0.3, 0.4) is 0 Å². The smallest absolute Gasteiger partial charge is 0.338 e. The highest BCUT2D eigenvalue weighted by Gasteiger charge is 2.59. The number of allylic oxidation sites excluding steroid dienone is 2. The van der Waals surface area contributed by atoms with Gasteiger partial charge in [-0.2, -0.15) is 10.2 Å². The Morgan fingerprint density at radius 3 is 2.27 bits per heavy atom. The molecule has 0 spiro atoms. The number of nitrogens with zero attached hydrogens (tertiary/aromatic N) is 2. The van der Waals surface area contributed by atoms with Gasteiger partial charge in [0.05, 0.1) is 30.7 Å². The summed E-state index contributed by atoms with van der Waals surface area (Å²) in [6.45, 7) is 13.1. The molecule has 0 unspecified atom stereocenters. The zero-order valence-electron chi connectivity index (χ0n) is 30.5. The third-order valence-corrected chi connectivity index (χ3v) is 13.6. The van der Waals surface area contributed by atoms with Gasteiger partial charge in [-0.05, 0) is 159 Å². The fourth-order valence-corrected chi connectivity index (χ4v) is 10.8. The van der Waals surface area contributed by atoms with Gasteiger partial charge in [0, 0.05) is 0 Å². The molecule has 0 N–H and O–H groups in total. The fourth-order valence-electron chi connectivity index (χ4n) is 10.8. The first-order chi connectivity index (χ1) is 23.1. The summed E-state index contributed by atoms with van der Waals surface area (Å²) < 4.78 is 11.0. The topological polar surface area (TPSA) is 60.2 Å². The van der Waals surface area contributed by atoms with E-state index in [0.717, 1.165) is 53.4 Å². The lowest BCUT2D eigenvalue weighted by molar-refractivity contribution is -0.0533. The molecule has 0 amide bonds. The van der Waals surface area contributed by atoms with Crippen LogP contribution in [0, 0.1) is 52.3 Å². The van der Waals surface area contributed by atoms with Gasteiger partial charge in [-0.1, -0.05) is 65.5 Å². The van der Waals surface area contributed by atoms with Crippen LogP contribution in [0.5, 0.6) is 5.75 Å². The first kappa shape index (κ1) is 34.9. The minimum atomic E-state index is -0.261. The zero-order chi connectivity index (χ0) is 33.9. The van der Waals surface area contributed by atoms with E-state index in [9.17, 15) is 4.79 Å². The summed E-state index contributed by atoms with van der Waals surface area (Å²) in [5, 5.41) is 8.56. The van der Waals surface area contributed by atoms with Crippen molar-refractivity contribution in [2.24, 2.45) is 62.5 Å². The Balaban J connectivity index is 0.986. The molecule has 260 valence electrons. The fraction of sp³-hybridized carbons (Fsp3) is 0.651. The largest absolute Gasteiger partial charge is 0.497 e. The van der Waals surface area contributed by atoms with E-state index in [1.807, 2.05) is 36.4 Å². The van der Waals surface area contributed by atoms with E-state index in [4.69, 9.17) is 9.47 Å². The van der Waals surface area contributed by atoms with Crippen molar-refractivity contribution < 1.29 is 14.3 Å². The molecule has 0 aromatic heterocycles. The van der Waals surface area contributed by atoms with Crippen LogP contribution in [-0.4, -0.2) is 19.7 Å². The molecule has 4 aliphatic carbocycles. The van der Waals surface area contributed by atoms with Gasteiger partial charge >= 0.3 is 5.97 Å². The average Bonchev–Trinajstić information content (AvgIpc) is 3.45. The molecule has 6 rings (SSSR count). The Bertz CT molecular complexity index is 1450. The maximum Gasteiger partial charge on any atom is 0.338 e. The number of fused-ring (bicyclic) bond motifs is 5. The van der Waals surface area contributed by atoms with Gasteiger partial charge in [0.2, 0.25) is 0 Å². The van der Waals surface area contributed by atoms with Crippen LogP contribution in [0.25, 0.3) is 0 Å². The molecule has 0 heterocycles. The molecule has 2 aromatic carbocycles. The maximum absolute atomic E-state index is 12.8. The molecule has 5 nitrogen and oxygen atoms in total. The summed E-state index contributed by atoms with van der Waals surface area (Å²) in [6.07, 6.45) is 18.6. The molecule has 8 atom stereocenters. The molecule has 2 aromatic rings. The number of carbonyl (C=O) groups is 1. The average molecular weight is 653 g/mol. The van der Waals surface area contributed by atoms with Crippen molar-refractivity contribution in [2.45, 2.75) is 112 Å². The number of hydrogen-bond donors (Lipinski definition) is 0. The lowest BCUT2D eigenvalue weighted by Crippen LogP contribution is -2.50. The molecule has 3 saturated carbocycles. The van der Waals surface area contributed by atoms with E-state index in [0.29, 0.717) is 34.6 Å². The van der Waals surface area contributed by atoms with E-state index >= 15 is 0 Å². The third kappa shape index (κ3) is 7.31. The van der Waals surface area contributed by atoms with Crippen LogP contribution in [0.1, 0.15) is 122 Å². The lowest BCUT2D eigenvalue weighted by atomic mass is 9.46. The van der Waals surface area contributed by atoms with E-state index < -0.39 is 0 Å². The molecule has 3 fully saturated rings. The normalized spacial score (nSPS) is 31.9. The minimum Gasteiger partial charge on any atom is -0.497 e. The van der Waals surface area contributed by atoms with Gasteiger partial charge in [0.15, 0.2) is 0 Å².